The van der Waals surface area contributed by atoms with Gasteiger partial charge < -0.3 is 4.42 Å². The Kier molecular flexibility index (Phi) is 1.44. The lowest BCUT2D eigenvalue weighted by molar-refractivity contribution is -0.0101. The molecule has 0 aliphatic carbocycles. The average molecular weight is 152 g/mol. The molecule has 0 atom stereocenters. The summed E-state index contributed by atoms with van der Waals surface area (Å²) < 4.78 is 5.07. The zero-order valence-electron chi connectivity index (χ0n) is 6.66. The molecule has 0 saturated heterocycles. The van der Waals surface area contributed by atoms with Gasteiger partial charge in [-0.1, -0.05) is 0 Å². The monoisotopic (exact) mass is 152 g/mol. The number of hydrogen-bond donors (Lipinski definition) is 0. The van der Waals surface area contributed by atoms with Crippen molar-refractivity contribution in [1.29, 1.82) is 0 Å². The maximum atomic E-state index is 5.07. The first-order valence-corrected chi connectivity index (χ1v) is 3.54. The van der Waals surface area contributed by atoms with Crippen molar-refractivity contribution < 1.29 is 4.42 Å². The van der Waals surface area contributed by atoms with E-state index >= 15 is 0 Å². The van der Waals surface area contributed by atoms with Crippen LogP contribution in [0.1, 0.15) is 11.5 Å². The summed E-state index contributed by atoms with van der Waals surface area (Å²) in [5.41, 5.74) is 1.01. The van der Waals surface area contributed by atoms with Crippen LogP contribution in [0.2, 0.25) is 0 Å². The summed E-state index contributed by atoms with van der Waals surface area (Å²) >= 11 is 0. The fraction of sp³-hybridized carbons (Fsp3) is 0.571. The molecule has 1 aromatic heterocycles. The van der Waals surface area contributed by atoms with Gasteiger partial charge in [-0.2, -0.15) is 0 Å². The summed E-state index contributed by atoms with van der Waals surface area (Å²) in [4.78, 5) is 3.98. The average Bonchev–Trinajstić information content (AvgIpc) is 2.36. The molecule has 2 rings (SSSR count). The smallest absolute Gasteiger partial charge is 0.284 e. The van der Waals surface area contributed by atoms with Crippen LogP contribution in [0.4, 0.5) is 0 Å². The third-order valence-electron chi connectivity index (χ3n) is 2.01. The Balaban J connectivity index is 2.30. The number of fused-ring (bicyclic) bond motifs is 1. The first-order chi connectivity index (χ1) is 5.27. The van der Waals surface area contributed by atoms with Gasteiger partial charge in [0.2, 0.25) is 0 Å². The summed E-state index contributed by atoms with van der Waals surface area (Å²) in [6.45, 7) is 1.61. The van der Waals surface area contributed by atoms with E-state index in [1.807, 2.05) is 14.1 Å². The van der Waals surface area contributed by atoms with E-state index in [9.17, 15) is 0 Å². The Hall–Kier alpha value is -0.870. The standard InChI is InChI=1S/C7H10N3O/c1-9-3-6-7(4-10(9)2)11-5-8-6/h3-4H2,1-2H3. The van der Waals surface area contributed by atoms with Crippen LogP contribution in [0.15, 0.2) is 4.42 Å². The van der Waals surface area contributed by atoms with Crippen LogP contribution in [0.25, 0.3) is 0 Å². The maximum Gasteiger partial charge on any atom is 0.284 e. The number of nitrogens with zero attached hydrogens (tertiary/aromatic N) is 3. The van der Waals surface area contributed by atoms with Crippen LogP contribution in [-0.2, 0) is 13.1 Å². The van der Waals surface area contributed by atoms with Gasteiger partial charge in [-0.25, -0.2) is 15.0 Å². The number of oxazole rings is 1. The van der Waals surface area contributed by atoms with Gasteiger partial charge in [0.15, 0.2) is 0 Å². The van der Waals surface area contributed by atoms with Gasteiger partial charge in [-0.05, 0) is 0 Å². The number of aromatic nitrogens is 1. The number of rotatable bonds is 0. The highest BCUT2D eigenvalue weighted by Gasteiger charge is 2.21. The topological polar surface area (TPSA) is 32.5 Å². The van der Waals surface area contributed by atoms with Crippen molar-refractivity contribution in [2.75, 3.05) is 14.1 Å². The molecule has 0 spiro atoms. The highest BCUT2D eigenvalue weighted by atomic mass is 16.3. The molecule has 4 heteroatoms. The van der Waals surface area contributed by atoms with Gasteiger partial charge in [0.25, 0.3) is 6.39 Å². The molecule has 4 nitrogen and oxygen atoms in total. The molecule has 0 bridgehead atoms. The first-order valence-electron chi connectivity index (χ1n) is 3.54. The normalized spacial score (nSPS) is 20.2. The quantitative estimate of drug-likeness (QED) is 0.534. The zero-order valence-corrected chi connectivity index (χ0v) is 6.66. The van der Waals surface area contributed by atoms with Crippen molar-refractivity contribution in [2.24, 2.45) is 0 Å². The minimum Gasteiger partial charge on any atom is -0.436 e. The van der Waals surface area contributed by atoms with E-state index in [4.69, 9.17) is 4.42 Å². The molecule has 1 aliphatic heterocycles. The number of hydrogen-bond acceptors (Lipinski definition) is 4. The molecule has 0 amide bonds. The third kappa shape index (κ3) is 1.04. The first kappa shape index (κ1) is 6.82. The second-order valence-corrected chi connectivity index (χ2v) is 2.81. The Bertz CT molecular complexity index is 233. The van der Waals surface area contributed by atoms with Gasteiger partial charge in [0.1, 0.15) is 5.76 Å². The molecule has 59 valence electrons. The largest absolute Gasteiger partial charge is 0.436 e. The fourth-order valence-corrected chi connectivity index (χ4v) is 1.17. The third-order valence-corrected chi connectivity index (χ3v) is 2.01. The van der Waals surface area contributed by atoms with E-state index in [2.05, 4.69) is 21.4 Å². The molecule has 0 aromatic carbocycles. The molecule has 0 unspecified atom stereocenters. The van der Waals surface area contributed by atoms with Crippen LogP contribution in [-0.4, -0.2) is 29.1 Å². The summed E-state index contributed by atoms with van der Waals surface area (Å²) in [6.07, 6.45) is 2.50. The van der Waals surface area contributed by atoms with Crippen LogP contribution in [0.3, 0.4) is 0 Å². The van der Waals surface area contributed by atoms with Crippen LogP contribution >= 0.6 is 0 Å². The van der Waals surface area contributed by atoms with E-state index in [0.717, 1.165) is 24.5 Å². The van der Waals surface area contributed by atoms with Gasteiger partial charge in [0.05, 0.1) is 18.8 Å². The lowest BCUT2D eigenvalue weighted by Gasteiger charge is -2.30. The lowest BCUT2D eigenvalue weighted by atomic mass is 10.3. The summed E-state index contributed by atoms with van der Waals surface area (Å²) in [6, 6.07) is 0. The van der Waals surface area contributed by atoms with Gasteiger partial charge in [0, 0.05) is 14.1 Å². The maximum absolute atomic E-state index is 5.07. The zero-order chi connectivity index (χ0) is 7.84. The Morgan fingerprint density at radius 2 is 2.09 bits per heavy atom. The highest BCUT2D eigenvalue weighted by Crippen LogP contribution is 2.17. The molecular weight excluding hydrogens is 142 g/mol. The number of hydrazine groups is 1. The molecule has 0 saturated carbocycles. The van der Waals surface area contributed by atoms with E-state index in [-0.39, 0.29) is 0 Å². The van der Waals surface area contributed by atoms with Crippen LogP contribution in [0.5, 0.6) is 0 Å². The molecule has 1 radical (unpaired) electrons. The van der Waals surface area contributed by atoms with Crippen molar-refractivity contribution in [1.82, 2.24) is 15.0 Å². The molecule has 1 aromatic rings. The van der Waals surface area contributed by atoms with Gasteiger partial charge in [-0.15, -0.1) is 0 Å². The van der Waals surface area contributed by atoms with E-state index in [1.165, 1.54) is 0 Å². The second kappa shape index (κ2) is 2.32. The van der Waals surface area contributed by atoms with Gasteiger partial charge in [-0.3, -0.25) is 0 Å². The molecule has 0 fully saturated rings. The van der Waals surface area contributed by atoms with Crippen molar-refractivity contribution in [3.05, 3.63) is 17.8 Å². The summed E-state index contributed by atoms with van der Waals surface area (Å²) in [5.74, 6) is 0.936. The minimum absolute atomic E-state index is 0.794. The Morgan fingerprint density at radius 1 is 1.36 bits per heavy atom. The van der Waals surface area contributed by atoms with Crippen molar-refractivity contribution in [3.63, 3.8) is 0 Å². The van der Waals surface area contributed by atoms with Crippen molar-refractivity contribution in [3.8, 4) is 0 Å². The van der Waals surface area contributed by atoms with Crippen molar-refractivity contribution in [2.45, 2.75) is 13.1 Å². The molecular formula is C7H10N3O. The van der Waals surface area contributed by atoms with Crippen molar-refractivity contribution >= 4 is 0 Å². The molecule has 1 aliphatic rings. The van der Waals surface area contributed by atoms with Gasteiger partial charge >= 0.3 is 0 Å². The lowest BCUT2D eigenvalue weighted by Crippen LogP contribution is -2.39. The second-order valence-electron chi connectivity index (χ2n) is 2.81. The summed E-state index contributed by atoms with van der Waals surface area (Å²) in [5, 5.41) is 4.18. The Labute approximate surface area is 65.4 Å². The Morgan fingerprint density at radius 3 is 2.91 bits per heavy atom. The van der Waals surface area contributed by atoms with Crippen LogP contribution < -0.4 is 0 Å². The van der Waals surface area contributed by atoms with E-state index < -0.39 is 0 Å². The van der Waals surface area contributed by atoms with E-state index in [1.54, 1.807) is 0 Å². The fourth-order valence-electron chi connectivity index (χ4n) is 1.17. The minimum atomic E-state index is 0.794. The summed E-state index contributed by atoms with van der Waals surface area (Å²) in [7, 11) is 4.04. The van der Waals surface area contributed by atoms with E-state index in [0.29, 0.717) is 0 Å². The van der Waals surface area contributed by atoms with Crippen LogP contribution in [0, 0.1) is 6.39 Å². The molecule has 2 heterocycles. The molecule has 0 N–H and O–H groups in total. The predicted molar refractivity (Wildman–Crippen MR) is 38.3 cm³/mol. The molecule has 11 heavy (non-hydrogen) atoms. The highest BCUT2D eigenvalue weighted by molar-refractivity contribution is 5.08. The predicted octanol–water partition coefficient (Wildman–Crippen LogP) is 0.267. The SMILES string of the molecule is CN1Cc2n[c]oc2CN1C.